The molecular formula is C19H16ClFN2O2S. The van der Waals surface area contributed by atoms with Crippen LogP contribution in [0.3, 0.4) is 0 Å². The van der Waals surface area contributed by atoms with Gasteiger partial charge in [-0.3, -0.25) is 10.1 Å². The highest BCUT2D eigenvalue weighted by molar-refractivity contribution is 7.14. The standard InChI is InChI=1S/C19H16ClFN2O2S/c1-11-7-15(8-12(2)18(11)20)25-9-17(24)23-19-22-16(10-26-19)13-3-5-14(21)6-4-13/h3-8,10H,9H2,1-2H3,(H,22,23,24). The zero-order valence-electron chi connectivity index (χ0n) is 14.2. The summed E-state index contributed by atoms with van der Waals surface area (Å²) in [6, 6.07) is 9.61. The highest BCUT2D eigenvalue weighted by atomic mass is 35.5. The van der Waals surface area contributed by atoms with E-state index in [0.717, 1.165) is 16.7 Å². The lowest BCUT2D eigenvalue weighted by Crippen LogP contribution is -2.20. The number of benzene rings is 2. The van der Waals surface area contributed by atoms with E-state index < -0.39 is 0 Å². The summed E-state index contributed by atoms with van der Waals surface area (Å²) in [5, 5.41) is 5.65. The molecule has 0 aliphatic rings. The summed E-state index contributed by atoms with van der Waals surface area (Å²) in [5.41, 5.74) is 3.25. The van der Waals surface area contributed by atoms with Crippen molar-refractivity contribution in [2.45, 2.75) is 13.8 Å². The first-order valence-corrected chi connectivity index (χ1v) is 9.09. The van der Waals surface area contributed by atoms with Gasteiger partial charge in [-0.1, -0.05) is 11.6 Å². The molecule has 0 fully saturated rings. The number of carbonyl (C=O) groups is 1. The number of ether oxygens (including phenoxy) is 1. The van der Waals surface area contributed by atoms with Gasteiger partial charge in [0, 0.05) is 16.0 Å². The van der Waals surface area contributed by atoms with Gasteiger partial charge >= 0.3 is 0 Å². The van der Waals surface area contributed by atoms with Gasteiger partial charge in [0.1, 0.15) is 11.6 Å². The second-order valence-electron chi connectivity index (χ2n) is 5.75. The lowest BCUT2D eigenvalue weighted by atomic mass is 10.1. The summed E-state index contributed by atoms with van der Waals surface area (Å²) >= 11 is 7.41. The summed E-state index contributed by atoms with van der Waals surface area (Å²) in [5.74, 6) is -0.0247. The molecule has 0 aliphatic carbocycles. The fraction of sp³-hybridized carbons (Fsp3) is 0.158. The normalized spacial score (nSPS) is 10.6. The lowest BCUT2D eigenvalue weighted by Gasteiger charge is -2.09. The molecule has 7 heteroatoms. The number of hydrogen-bond donors (Lipinski definition) is 1. The van der Waals surface area contributed by atoms with E-state index in [0.29, 0.717) is 21.6 Å². The van der Waals surface area contributed by atoms with E-state index in [9.17, 15) is 9.18 Å². The van der Waals surface area contributed by atoms with Crippen molar-refractivity contribution in [1.29, 1.82) is 0 Å². The molecule has 3 aromatic rings. The van der Waals surface area contributed by atoms with E-state index in [2.05, 4.69) is 10.3 Å². The van der Waals surface area contributed by atoms with Gasteiger partial charge in [-0.05, 0) is 61.4 Å². The molecular weight excluding hydrogens is 375 g/mol. The molecule has 0 aliphatic heterocycles. The second-order valence-corrected chi connectivity index (χ2v) is 6.99. The van der Waals surface area contributed by atoms with Crippen molar-refractivity contribution in [3.63, 3.8) is 0 Å². The van der Waals surface area contributed by atoms with E-state index in [4.69, 9.17) is 16.3 Å². The summed E-state index contributed by atoms with van der Waals surface area (Å²) in [6.45, 7) is 3.63. The Kier molecular flexibility index (Phi) is 5.54. The van der Waals surface area contributed by atoms with Gasteiger partial charge in [0.2, 0.25) is 0 Å². The SMILES string of the molecule is Cc1cc(OCC(=O)Nc2nc(-c3ccc(F)cc3)cs2)cc(C)c1Cl. The van der Waals surface area contributed by atoms with Crippen LogP contribution < -0.4 is 10.1 Å². The third kappa shape index (κ3) is 4.39. The lowest BCUT2D eigenvalue weighted by molar-refractivity contribution is -0.118. The third-order valence-corrected chi connectivity index (χ3v) is 5.02. The monoisotopic (exact) mass is 390 g/mol. The van der Waals surface area contributed by atoms with Crippen LogP contribution >= 0.6 is 22.9 Å². The summed E-state index contributed by atoms with van der Waals surface area (Å²) < 4.78 is 18.5. The van der Waals surface area contributed by atoms with E-state index in [-0.39, 0.29) is 18.3 Å². The number of hydrogen-bond acceptors (Lipinski definition) is 4. The van der Waals surface area contributed by atoms with Crippen molar-refractivity contribution in [3.8, 4) is 17.0 Å². The quantitative estimate of drug-likeness (QED) is 0.648. The van der Waals surface area contributed by atoms with Crippen LogP contribution in [0.15, 0.2) is 41.8 Å². The zero-order valence-corrected chi connectivity index (χ0v) is 15.7. The topological polar surface area (TPSA) is 51.2 Å². The molecule has 1 heterocycles. The van der Waals surface area contributed by atoms with Crippen LogP contribution in [-0.4, -0.2) is 17.5 Å². The Hall–Kier alpha value is -2.44. The molecule has 0 saturated carbocycles. The Labute approximate surface area is 159 Å². The number of rotatable bonds is 5. The van der Waals surface area contributed by atoms with Gasteiger partial charge < -0.3 is 4.74 Å². The molecule has 134 valence electrons. The van der Waals surface area contributed by atoms with E-state index >= 15 is 0 Å². The minimum absolute atomic E-state index is 0.133. The molecule has 1 amide bonds. The Morgan fingerprint density at radius 1 is 1.23 bits per heavy atom. The molecule has 0 bridgehead atoms. The van der Waals surface area contributed by atoms with Crippen molar-refractivity contribution < 1.29 is 13.9 Å². The van der Waals surface area contributed by atoms with Crippen LogP contribution in [-0.2, 0) is 4.79 Å². The van der Waals surface area contributed by atoms with Crippen molar-refractivity contribution in [3.05, 3.63) is 63.7 Å². The average Bonchev–Trinajstić information content (AvgIpc) is 3.06. The number of aromatic nitrogens is 1. The van der Waals surface area contributed by atoms with Crippen LogP contribution in [0.1, 0.15) is 11.1 Å². The minimum atomic E-state index is -0.310. The molecule has 0 atom stereocenters. The molecule has 0 spiro atoms. The van der Waals surface area contributed by atoms with Crippen LogP contribution in [0.5, 0.6) is 5.75 Å². The molecule has 0 saturated heterocycles. The number of aryl methyl sites for hydroxylation is 2. The highest BCUT2D eigenvalue weighted by Gasteiger charge is 2.10. The first kappa shape index (κ1) is 18.4. The maximum Gasteiger partial charge on any atom is 0.264 e. The predicted molar refractivity (Wildman–Crippen MR) is 103 cm³/mol. The van der Waals surface area contributed by atoms with Crippen molar-refractivity contribution in [2.75, 3.05) is 11.9 Å². The maximum atomic E-state index is 13.0. The van der Waals surface area contributed by atoms with E-state index in [1.807, 2.05) is 13.8 Å². The smallest absolute Gasteiger partial charge is 0.264 e. The average molecular weight is 391 g/mol. The Morgan fingerprint density at radius 3 is 2.54 bits per heavy atom. The van der Waals surface area contributed by atoms with Crippen molar-refractivity contribution >= 4 is 34.0 Å². The van der Waals surface area contributed by atoms with Crippen LogP contribution in [0.2, 0.25) is 5.02 Å². The molecule has 3 rings (SSSR count). The molecule has 2 aromatic carbocycles. The van der Waals surface area contributed by atoms with Crippen LogP contribution in [0.25, 0.3) is 11.3 Å². The summed E-state index contributed by atoms with van der Waals surface area (Å²) in [7, 11) is 0. The van der Waals surface area contributed by atoms with E-state index in [1.165, 1.54) is 23.5 Å². The largest absolute Gasteiger partial charge is 0.484 e. The minimum Gasteiger partial charge on any atom is -0.484 e. The fourth-order valence-electron chi connectivity index (χ4n) is 2.38. The molecule has 1 aromatic heterocycles. The Balaban J connectivity index is 1.59. The predicted octanol–water partition coefficient (Wildman–Crippen LogP) is 5.24. The van der Waals surface area contributed by atoms with Gasteiger partial charge in [0.05, 0.1) is 5.69 Å². The number of anilines is 1. The zero-order chi connectivity index (χ0) is 18.7. The fourth-order valence-corrected chi connectivity index (χ4v) is 3.22. The third-order valence-electron chi connectivity index (χ3n) is 3.67. The summed E-state index contributed by atoms with van der Waals surface area (Å²) in [6.07, 6.45) is 0. The van der Waals surface area contributed by atoms with Gasteiger partial charge in [0.25, 0.3) is 5.91 Å². The van der Waals surface area contributed by atoms with Gasteiger partial charge in [-0.2, -0.15) is 0 Å². The molecule has 1 N–H and O–H groups in total. The van der Waals surface area contributed by atoms with Gasteiger partial charge in [0.15, 0.2) is 11.7 Å². The molecule has 0 radical (unpaired) electrons. The van der Waals surface area contributed by atoms with E-state index in [1.54, 1.807) is 29.6 Å². The van der Waals surface area contributed by atoms with Crippen LogP contribution in [0, 0.1) is 19.7 Å². The number of nitrogens with zero attached hydrogens (tertiary/aromatic N) is 1. The number of nitrogens with one attached hydrogen (secondary N) is 1. The van der Waals surface area contributed by atoms with Crippen molar-refractivity contribution in [2.24, 2.45) is 0 Å². The number of halogens is 2. The maximum absolute atomic E-state index is 13.0. The molecule has 26 heavy (non-hydrogen) atoms. The van der Waals surface area contributed by atoms with Crippen LogP contribution in [0.4, 0.5) is 9.52 Å². The first-order chi connectivity index (χ1) is 12.4. The Morgan fingerprint density at radius 2 is 1.88 bits per heavy atom. The van der Waals surface area contributed by atoms with Crippen molar-refractivity contribution in [1.82, 2.24) is 4.98 Å². The second kappa shape index (κ2) is 7.85. The number of amides is 1. The molecule has 4 nitrogen and oxygen atoms in total. The number of thiazole rings is 1. The first-order valence-electron chi connectivity index (χ1n) is 7.83. The molecule has 0 unspecified atom stereocenters. The van der Waals surface area contributed by atoms with Gasteiger partial charge in [-0.15, -0.1) is 11.3 Å². The summed E-state index contributed by atoms with van der Waals surface area (Å²) in [4.78, 5) is 16.4. The Bertz CT molecular complexity index is 918. The van der Waals surface area contributed by atoms with Gasteiger partial charge in [-0.25, -0.2) is 9.37 Å². The number of carbonyl (C=O) groups excluding carboxylic acids is 1. The highest BCUT2D eigenvalue weighted by Crippen LogP contribution is 2.27.